The molecule has 0 spiro atoms. The largest absolute Gasteiger partial charge is 0.493 e. The molecule has 1 amide bonds. The number of hydrogen-bond acceptors (Lipinski definition) is 6. The maximum atomic E-state index is 12.6. The number of amides is 1. The van der Waals surface area contributed by atoms with E-state index in [1.165, 1.54) is 14.2 Å². The van der Waals surface area contributed by atoms with Crippen molar-refractivity contribution in [2.45, 2.75) is 51.9 Å². The summed E-state index contributed by atoms with van der Waals surface area (Å²) in [4.78, 5) is 26.8. The Morgan fingerprint density at radius 3 is 2.47 bits per heavy atom. The van der Waals surface area contributed by atoms with Gasteiger partial charge in [0.25, 0.3) is 0 Å². The average molecular weight is 468 g/mol. The molecule has 34 heavy (non-hydrogen) atoms. The van der Waals surface area contributed by atoms with Crippen LogP contribution >= 0.6 is 0 Å². The predicted octanol–water partition coefficient (Wildman–Crippen LogP) is 5.47. The van der Waals surface area contributed by atoms with Gasteiger partial charge in [-0.1, -0.05) is 42.5 Å². The monoisotopic (exact) mass is 467 g/mol. The minimum absolute atomic E-state index is 0.129. The Balaban J connectivity index is 1.87. The standard InChI is InChI=1S/C27H33NO6/c1-27(2,3)34-26(30)28-15-9-12-21(28)14-13-20-16-24(33-18-19-10-7-6-8-11-19)23(31-4)17-22(20)25(29)32-5/h6-8,10-11,13-14,16-17,21H,9,12,15,18H2,1-5H3/b14-13-. The number of ether oxygens (including phenoxy) is 4. The molecule has 0 saturated carbocycles. The van der Waals surface area contributed by atoms with Crippen molar-refractivity contribution in [3.63, 3.8) is 0 Å². The minimum Gasteiger partial charge on any atom is -0.493 e. The first-order valence-corrected chi connectivity index (χ1v) is 11.4. The van der Waals surface area contributed by atoms with Crippen LogP contribution in [0.25, 0.3) is 6.08 Å². The fraction of sp³-hybridized carbons (Fsp3) is 0.407. The Bertz CT molecular complexity index is 1030. The molecule has 0 bridgehead atoms. The van der Waals surface area contributed by atoms with Gasteiger partial charge in [-0.05, 0) is 56.9 Å². The summed E-state index contributed by atoms with van der Waals surface area (Å²) in [5.74, 6) is 0.460. The van der Waals surface area contributed by atoms with Gasteiger partial charge >= 0.3 is 12.1 Å². The van der Waals surface area contributed by atoms with Crippen molar-refractivity contribution in [3.05, 3.63) is 65.2 Å². The van der Waals surface area contributed by atoms with Crippen LogP contribution < -0.4 is 9.47 Å². The summed E-state index contributed by atoms with van der Waals surface area (Å²) in [7, 11) is 2.86. The number of rotatable bonds is 7. The first-order chi connectivity index (χ1) is 16.2. The van der Waals surface area contributed by atoms with E-state index in [0.717, 1.165) is 18.4 Å². The second-order valence-corrected chi connectivity index (χ2v) is 9.10. The van der Waals surface area contributed by atoms with E-state index in [-0.39, 0.29) is 12.1 Å². The Kier molecular flexibility index (Phi) is 8.21. The van der Waals surface area contributed by atoms with Gasteiger partial charge in [0, 0.05) is 6.54 Å². The average Bonchev–Trinajstić information content (AvgIpc) is 3.29. The summed E-state index contributed by atoms with van der Waals surface area (Å²) in [6.45, 7) is 6.53. The van der Waals surface area contributed by atoms with Gasteiger partial charge in [-0.25, -0.2) is 9.59 Å². The molecular weight excluding hydrogens is 434 g/mol. The second kappa shape index (κ2) is 11.1. The highest BCUT2D eigenvalue weighted by atomic mass is 16.6. The number of likely N-dealkylation sites (tertiary alicyclic amines) is 1. The summed E-state index contributed by atoms with van der Waals surface area (Å²) in [5.41, 5.74) is 1.42. The molecule has 2 aromatic carbocycles. The maximum absolute atomic E-state index is 12.6. The van der Waals surface area contributed by atoms with Crippen LogP contribution in [0.3, 0.4) is 0 Å². The maximum Gasteiger partial charge on any atom is 0.410 e. The third kappa shape index (κ3) is 6.53. The Morgan fingerprint density at radius 1 is 1.09 bits per heavy atom. The fourth-order valence-electron chi connectivity index (χ4n) is 3.76. The summed E-state index contributed by atoms with van der Waals surface area (Å²) in [6, 6.07) is 13.0. The lowest BCUT2D eigenvalue weighted by atomic mass is 10.0. The summed E-state index contributed by atoms with van der Waals surface area (Å²) >= 11 is 0. The van der Waals surface area contributed by atoms with Crippen molar-refractivity contribution >= 4 is 18.1 Å². The van der Waals surface area contributed by atoms with Crippen LogP contribution in [-0.4, -0.2) is 49.4 Å². The van der Waals surface area contributed by atoms with Crippen LogP contribution in [-0.2, 0) is 16.1 Å². The highest BCUT2D eigenvalue weighted by Crippen LogP contribution is 2.33. The topological polar surface area (TPSA) is 74.3 Å². The van der Waals surface area contributed by atoms with E-state index in [2.05, 4.69) is 0 Å². The molecule has 182 valence electrons. The number of benzene rings is 2. The Labute approximate surface area is 201 Å². The van der Waals surface area contributed by atoms with Gasteiger partial charge in [0.05, 0.1) is 25.8 Å². The van der Waals surface area contributed by atoms with E-state index in [0.29, 0.717) is 35.8 Å². The number of carbonyl (C=O) groups excluding carboxylic acids is 2. The van der Waals surface area contributed by atoms with E-state index in [4.69, 9.17) is 18.9 Å². The molecule has 1 aliphatic heterocycles. The normalized spacial score (nSPS) is 15.9. The molecule has 1 aliphatic rings. The lowest BCUT2D eigenvalue weighted by Gasteiger charge is -2.27. The van der Waals surface area contributed by atoms with E-state index in [9.17, 15) is 9.59 Å². The van der Waals surface area contributed by atoms with Crippen molar-refractivity contribution in [3.8, 4) is 11.5 Å². The number of hydrogen-bond donors (Lipinski definition) is 0. The van der Waals surface area contributed by atoms with E-state index < -0.39 is 11.6 Å². The van der Waals surface area contributed by atoms with E-state index in [1.807, 2.05) is 63.3 Å². The Hall–Kier alpha value is -3.48. The second-order valence-electron chi connectivity index (χ2n) is 9.10. The van der Waals surface area contributed by atoms with Crippen molar-refractivity contribution in [2.75, 3.05) is 20.8 Å². The highest BCUT2D eigenvalue weighted by Gasteiger charge is 2.30. The zero-order chi connectivity index (χ0) is 24.7. The number of esters is 1. The molecular formula is C27H33NO6. The first-order valence-electron chi connectivity index (χ1n) is 11.4. The molecule has 1 atom stereocenters. The quantitative estimate of drug-likeness (QED) is 0.503. The zero-order valence-corrected chi connectivity index (χ0v) is 20.5. The number of carbonyl (C=O) groups is 2. The third-order valence-electron chi connectivity index (χ3n) is 5.40. The van der Waals surface area contributed by atoms with Gasteiger partial charge in [-0.2, -0.15) is 0 Å². The van der Waals surface area contributed by atoms with Crippen molar-refractivity contribution in [2.24, 2.45) is 0 Å². The number of nitrogens with zero attached hydrogens (tertiary/aromatic N) is 1. The molecule has 0 N–H and O–H groups in total. The van der Waals surface area contributed by atoms with Gasteiger partial charge in [0.2, 0.25) is 0 Å². The van der Waals surface area contributed by atoms with E-state index >= 15 is 0 Å². The molecule has 1 fully saturated rings. The Morgan fingerprint density at radius 2 is 1.82 bits per heavy atom. The molecule has 7 nitrogen and oxygen atoms in total. The SMILES string of the molecule is COC(=O)c1cc(OC)c(OCc2ccccc2)cc1/C=C\C1CCCN1C(=O)OC(C)(C)C. The lowest BCUT2D eigenvalue weighted by Crippen LogP contribution is -2.39. The van der Waals surface area contributed by atoms with Crippen LogP contribution in [0.5, 0.6) is 11.5 Å². The van der Waals surface area contributed by atoms with Crippen molar-refractivity contribution < 1.29 is 28.5 Å². The van der Waals surface area contributed by atoms with Gasteiger partial charge < -0.3 is 23.8 Å². The van der Waals surface area contributed by atoms with Gasteiger partial charge in [-0.3, -0.25) is 0 Å². The van der Waals surface area contributed by atoms with Crippen LogP contribution in [0, 0.1) is 0 Å². The predicted molar refractivity (Wildman–Crippen MR) is 130 cm³/mol. The zero-order valence-electron chi connectivity index (χ0n) is 20.5. The molecule has 1 heterocycles. The van der Waals surface area contributed by atoms with Crippen molar-refractivity contribution in [1.82, 2.24) is 4.90 Å². The molecule has 2 aromatic rings. The lowest BCUT2D eigenvalue weighted by molar-refractivity contribution is 0.0256. The summed E-state index contributed by atoms with van der Waals surface area (Å²) < 4.78 is 22.0. The van der Waals surface area contributed by atoms with Gasteiger partial charge in [0.1, 0.15) is 12.2 Å². The number of methoxy groups -OCH3 is 2. The molecule has 3 rings (SSSR count). The molecule has 0 aromatic heterocycles. The summed E-state index contributed by atoms with van der Waals surface area (Å²) in [6.07, 6.45) is 5.11. The van der Waals surface area contributed by atoms with E-state index in [1.54, 1.807) is 17.0 Å². The first kappa shape index (κ1) is 25.1. The fourth-order valence-corrected chi connectivity index (χ4v) is 3.76. The summed E-state index contributed by atoms with van der Waals surface area (Å²) in [5, 5.41) is 0. The molecule has 0 aliphatic carbocycles. The highest BCUT2D eigenvalue weighted by molar-refractivity contribution is 5.94. The van der Waals surface area contributed by atoms with Gasteiger partial charge in [0.15, 0.2) is 11.5 Å². The van der Waals surface area contributed by atoms with Crippen molar-refractivity contribution in [1.29, 1.82) is 0 Å². The van der Waals surface area contributed by atoms with Crippen LogP contribution in [0.1, 0.15) is 55.1 Å². The van der Waals surface area contributed by atoms with Crippen LogP contribution in [0.2, 0.25) is 0 Å². The smallest absolute Gasteiger partial charge is 0.410 e. The van der Waals surface area contributed by atoms with Gasteiger partial charge in [-0.15, -0.1) is 0 Å². The molecule has 0 radical (unpaired) electrons. The minimum atomic E-state index is -0.563. The van der Waals surface area contributed by atoms with Crippen LogP contribution in [0.15, 0.2) is 48.5 Å². The van der Waals surface area contributed by atoms with Crippen LogP contribution in [0.4, 0.5) is 4.79 Å². The molecule has 1 saturated heterocycles. The molecule has 7 heteroatoms. The third-order valence-corrected chi connectivity index (χ3v) is 5.40. The molecule has 1 unspecified atom stereocenters.